The second-order valence-electron chi connectivity index (χ2n) is 6.20. The van der Waals surface area contributed by atoms with Crippen LogP contribution in [0.3, 0.4) is 0 Å². The number of aromatic nitrogens is 3. The fourth-order valence-corrected chi connectivity index (χ4v) is 3.08. The van der Waals surface area contributed by atoms with Crippen LogP contribution < -0.4 is 5.32 Å². The van der Waals surface area contributed by atoms with E-state index in [1.165, 1.54) is 0 Å². The molecule has 2 atom stereocenters. The van der Waals surface area contributed by atoms with Gasteiger partial charge >= 0.3 is 6.18 Å². The summed E-state index contributed by atoms with van der Waals surface area (Å²) in [5, 5.41) is 19.8. The van der Waals surface area contributed by atoms with Crippen molar-refractivity contribution in [2.24, 2.45) is 0 Å². The van der Waals surface area contributed by atoms with Gasteiger partial charge in [0.15, 0.2) is 0 Å². The summed E-state index contributed by atoms with van der Waals surface area (Å²) < 4.78 is 40.9. The van der Waals surface area contributed by atoms with Crippen molar-refractivity contribution in [1.29, 1.82) is 5.26 Å². The molecule has 0 spiro atoms. The third kappa shape index (κ3) is 3.66. The molecule has 1 aromatic carbocycles. The van der Waals surface area contributed by atoms with Crippen molar-refractivity contribution in [3.8, 4) is 6.07 Å². The van der Waals surface area contributed by atoms with Gasteiger partial charge in [-0.1, -0.05) is 12.1 Å². The van der Waals surface area contributed by atoms with Crippen LogP contribution in [0.1, 0.15) is 54.5 Å². The number of rotatable bonds is 4. The molecule has 0 saturated carbocycles. The molecule has 0 amide bonds. The van der Waals surface area contributed by atoms with Crippen LogP contribution >= 0.6 is 0 Å². The number of hydrogen-bond acceptors (Lipinski definition) is 4. The largest absolute Gasteiger partial charge is 0.398 e. The summed E-state index contributed by atoms with van der Waals surface area (Å²) in [5.74, 6) is -0.996. The van der Waals surface area contributed by atoms with Gasteiger partial charge in [-0.2, -0.15) is 18.4 Å². The van der Waals surface area contributed by atoms with E-state index in [2.05, 4.69) is 21.6 Å². The van der Waals surface area contributed by atoms with E-state index in [1.807, 2.05) is 19.1 Å². The number of fused-ring (bicyclic) bond motifs is 1. The predicted molar refractivity (Wildman–Crippen MR) is 84.5 cm³/mol. The fraction of sp³-hybridized carbons (Fsp3) is 0.471. The summed E-state index contributed by atoms with van der Waals surface area (Å²) in [6.45, 7) is 2.79. The van der Waals surface area contributed by atoms with E-state index in [1.54, 1.807) is 16.7 Å². The molecular formula is C17H18F3N5. The first-order chi connectivity index (χ1) is 11.9. The van der Waals surface area contributed by atoms with Gasteiger partial charge < -0.3 is 9.88 Å². The van der Waals surface area contributed by atoms with Gasteiger partial charge in [-0.3, -0.25) is 0 Å². The Bertz CT molecular complexity index is 773. The van der Waals surface area contributed by atoms with E-state index in [4.69, 9.17) is 5.26 Å². The van der Waals surface area contributed by atoms with Crippen molar-refractivity contribution in [2.75, 3.05) is 0 Å². The van der Waals surface area contributed by atoms with Crippen LogP contribution in [0.25, 0.3) is 0 Å². The minimum absolute atomic E-state index is 0.0153. The summed E-state index contributed by atoms with van der Waals surface area (Å²) in [6.07, 6.45) is -3.75. The van der Waals surface area contributed by atoms with E-state index < -0.39 is 12.1 Å². The normalized spacial score (nSPS) is 18.4. The summed E-state index contributed by atoms with van der Waals surface area (Å²) in [7, 11) is 0. The van der Waals surface area contributed by atoms with Crippen molar-refractivity contribution in [3.05, 3.63) is 47.0 Å². The molecule has 25 heavy (non-hydrogen) atoms. The minimum atomic E-state index is -4.29. The molecular weight excluding hydrogens is 331 g/mol. The van der Waals surface area contributed by atoms with Crippen LogP contribution in [0, 0.1) is 11.3 Å². The van der Waals surface area contributed by atoms with Crippen molar-refractivity contribution in [2.45, 2.75) is 51.0 Å². The number of alkyl halides is 3. The fourth-order valence-electron chi connectivity index (χ4n) is 3.08. The van der Waals surface area contributed by atoms with Crippen LogP contribution in [0.15, 0.2) is 24.3 Å². The zero-order chi connectivity index (χ0) is 18.0. The first-order valence-electron chi connectivity index (χ1n) is 8.12. The lowest BCUT2D eigenvalue weighted by Crippen LogP contribution is -2.29. The highest BCUT2D eigenvalue weighted by molar-refractivity contribution is 5.32. The van der Waals surface area contributed by atoms with Crippen LogP contribution in [0.2, 0.25) is 0 Å². The van der Waals surface area contributed by atoms with E-state index in [0.717, 1.165) is 5.56 Å². The third-order valence-electron chi connectivity index (χ3n) is 4.54. The second-order valence-corrected chi connectivity index (χ2v) is 6.20. The SMILES string of the molecule is C[C@@H](NCc1nnc2n1CCC[C@@H]2C(F)(F)F)c1ccc(C#N)cc1. The van der Waals surface area contributed by atoms with Crippen molar-refractivity contribution in [1.82, 2.24) is 20.1 Å². The standard InChI is InChI=1S/C17H18F3N5/c1-11(13-6-4-12(9-21)5-7-13)22-10-15-23-24-16-14(17(18,19)20)3-2-8-25(15)16/h4-7,11,14,22H,2-3,8,10H2,1H3/t11-,14+/m1/s1. The van der Waals surface area contributed by atoms with Crippen molar-refractivity contribution in [3.63, 3.8) is 0 Å². The van der Waals surface area contributed by atoms with Crippen LogP contribution in [0.5, 0.6) is 0 Å². The number of hydrogen-bond donors (Lipinski definition) is 1. The zero-order valence-electron chi connectivity index (χ0n) is 13.7. The number of halogens is 3. The molecule has 132 valence electrons. The van der Waals surface area contributed by atoms with Gasteiger partial charge in [-0.05, 0) is 37.5 Å². The first-order valence-corrected chi connectivity index (χ1v) is 8.12. The van der Waals surface area contributed by atoms with Gasteiger partial charge in [0.25, 0.3) is 0 Å². The molecule has 0 aliphatic carbocycles. The summed E-state index contributed by atoms with van der Waals surface area (Å²) in [5.41, 5.74) is 1.58. The molecule has 2 aromatic rings. The Morgan fingerprint density at radius 1 is 1.32 bits per heavy atom. The van der Waals surface area contributed by atoms with Gasteiger partial charge in [0.05, 0.1) is 18.2 Å². The van der Waals surface area contributed by atoms with Crippen LogP contribution in [-0.4, -0.2) is 20.9 Å². The second kappa shape index (κ2) is 6.84. The quantitative estimate of drug-likeness (QED) is 0.918. The Morgan fingerprint density at radius 2 is 2.04 bits per heavy atom. The van der Waals surface area contributed by atoms with Gasteiger partial charge in [0.1, 0.15) is 17.6 Å². The number of benzene rings is 1. The molecule has 0 radical (unpaired) electrons. The average molecular weight is 349 g/mol. The maximum Gasteiger partial charge on any atom is 0.398 e. The Kier molecular flexibility index (Phi) is 4.77. The smallest absolute Gasteiger partial charge is 0.313 e. The summed E-state index contributed by atoms with van der Waals surface area (Å²) in [4.78, 5) is 0. The van der Waals surface area contributed by atoms with E-state index >= 15 is 0 Å². The maximum atomic E-state index is 13.1. The van der Waals surface area contributed by atoms with Crippen molar-refractivity contribution >= 4 is 0 Å². The summed E-state index contributed by atoms with van der Waals surface area (Å²) in [6, 6.07) is 9.22. The number of nitriles is 1. The number of nitrogens with zero attached hydrogens (tertiary/aromatic N) is 4. The van der Waals surface area contributed by atoms with Gasteiger partial charge in [-0.25, -0.2) is 0 Å². The molecule has 0 unspecified atom stereocenters. The van der Waals surface area contributed by atoms with Gasteiger partial charge in [0, 0.05) is 12.6 Å². The molecule has 1 aliphatic heterocycles. The average Bonchev–Trinajstić information content (AvgIpc) is 3.02. The Hall–Kier alpha value is -2.40. The highest BCUT2D eigenvalue weighted by atomic mass is 19.4. The Labute approximate surface area is 143 Å². The highest BCUT2D eigenvalue weighted by Crippen LogP contribution is 2.40. The molecule has 1 N–H and O–H groups in total. The number of nitrogens with one attached hydrogen (secondary N) is 1. The Balaban J connectivity index is 1.70. The molecule has 8 heteroatoms. The topological polar surface area (TPSA) is 66.5 Å². The van der Waals surface area contributed by atoms with Crippen LogP contribution in [0.4, 0.5) is 13.2 Å². The predicted octanol–water partition coefficient (Wildman–Crippen LogP) is 3.44. The molecule has 5 nitrogen and oxygen atoms in total. The Morgan fingerprint density at radius 3 is 2.68 bits per heavy atom. The molecule has 0 saturated heterocycles. The lowest BCUT2D eigenvalue weighted by molar-refractivity contribution is -0.156. The molecule has 1 aromatic heterocycles. The molecule has 1 aliphatic rings. The first kappa shape index (κ1) is 17.4. The lowest BCUT2D eigenvalue weighted by Gasteiger charge is -2.25. The minimum Gasteiger partial charge on any atom is -0.313 e. The third-order valence-corrected chi connectivity index (χ3v) is 4.54. The molecule has 2 heterocycles. The van der Waals surface area contributed by atoms with Gasteiger partial charge in [0.2, 0.25) is 0 Å². The molecule has 0 fully saturated rings. The van der Waals surface area contributed by atoms with E-state index in [0.29, 0.717) is 30.9 Å². The highest BCUT2D eigenvalue weighted by Gasteiger charge is 2.45. The van der Waals surface area contributed by atoms with Crippen molar-refractivity contribution < 1.29 is 13.2 Å². The van der Waals surface area contributed by atoms with Crippen LogP contribution in [-0.2, 0) is 13.1 Å². The molecule has 3 rings (SSSR count). The monoisotopic (exact) mass is 349 g/mol. The van der Waals surface area contributed by atoms with E-state index in [-0.39, 0.29) is 18.3 Å². The zero-order valence-corrected chi connectivity index (χ0v) is 13.7. The maximum absolute atomic E-state index is 13.1. The van der Waals surface area contributed by atoms with E-state index in [9.17, 15) is 13.2 Å². The molecule has 0 bridgehead atoms. The van der Waals surface area contributed by atoms with Gasteiger partial charge in [-0.15, -0.1) is 10.2 Å². The lowest BCUT2D eigenvalue weighted by atomic mass is 9.98. The summed E-state index contributed by atoms with van der Waals surface area (Å²) >= 11 is 0.